The molecule has 0 spiro atoms. The van der Waals surface area contributed by atoms with E-state index < -0.39 is 0 Å². The minimum absolute atomic E-state index is 0.916. The van der Waals surface area contributed by atoms with Crippen LogP contribution in [0.1, 0.15) is 0 Å². The maximum atomic E-state index is 4.45. The van der Waals surface area contributed by atoms with Gasteiger partial charge in [-0.2, -0.15) is 0 Å². The summed E-state index contributed by atoms with van der Waals surface area (Å²) >= 11 is 0. The minimum Gasteiger partial charge on any atom is -0.346 e. The lowest BCUT2D eigenvalue weighted by atomic mass is 10.3. The van der Waals surface area contributed by atoms with Gasteiger partial charge in [-0.3, -0.25) is 0 Å². The number of aromatic amines is 1. The summed E-state index contributed by atoms with van der Waals surface area (Å²) in [7, 11) is 0. The smallest absolute Gasteiger partial charge is 0.139 e. The standard InChI is InChI=1S/C12H14N6/c1-2-14-12-9(1)11-10(7-15-12)16-8-18(11)17-5-3-13-4-6-17/h1-2,7-8,13H,3-6H2,(H,14,15). The summed E-state index contributed by atoms with van der Waals surface area (Å²) in [6, 6.07) is 2.06. The van der Waals surface area contributed by atoms with Crippen molar-refractivity contribution in [3.63, 3.8) is 0 Å². The van der Waals surface area contributed by atoms with Gasteiger partial charge in [0, 0.05) is 37.8 Å². The summed E-state index contributed by atoms with van der Waals surface area (Å²) in [6.07, 6.45) is 5.64. The molecule has 1 saturated heterocycles. The van der Waals surface area contributed by atoms with E-state index in [2.05, 4.69) is 36.0 Å². The van der Waals surface area contributed by atoms with Crippen molar-refractivity contribution in [2.24, 2.45) is 0 Å². The zero-order chi connectivity index (χ0) is 11.9. The van der Waals surface area contributed by atoms with E-state index in [1.165, 1.54) is 0 Å². The monoisotopic (exact) mass is 242 g/mol. The molecule has 18 heavy (non-hydrogen) atoms. The van der Waals surface area contributed by atoms with Gasteiger partial charge >= 0.3 is 0 Å². The molecular formula is C12H14N6. The highest BCUT2D eigenvalue weighted by Gasteiger charge is 2.15. The van der Waals surface area contributed by atoms with Gasteiger partial charge in [0.15, 0.2) is 0 Å². The van der Waals surface area contributed by atoms with Crippen LogP contribution in [0.3, 0.4) is 0 Å². The zero-order valence-electron chi connectivity index (χ0n) is 9.93. The first kappa shape index (κ1) is 9.90. The van der Waals surface area contributed by atoms with Crippen molar-refractivity contribution in [3.8, 4) is 0 Å². The summed E-state index contributed by atoms with van der Waals surface area (Å²) in [5.41, 5.74) is 3.00. The minimum atomic E-state index is 0.916. The van der Waals surface area contributed by atoms with Crippen LogP contribution in [0.2, 0.25) is 0 Å². The molecule has 0 saturated carbocycles. The predicted octanol–water partition coefficient (Wildman–Crippen LogP) is 0.454. The molecule has 0 radical (unpaired) electrons. The molecule has 92 valence electrons. The molecule has 0 amide bonds. The lowest BCUT2D eigenvalue weighted by molar-refractivity contribution is 0.499. The van der Waals surface area contributed by atoms with Crippen LogP contribution in [0.25, 0.3) is 22.1 Å². The Balaban J connectivity index is 1.96. The molecule has 6 nitrogen and oxygen atoms in total. The maximum Gasteiger partial charge on any atom is 0.139 e. The molecule has 4 rings (SSSR count). The van der Waals surface area contributed by atoms with E-state index in [1.807, 2.05) is 18.7 Å². The molecule has 1 aliphatic rings. The van der Waals surface area contributed by atoms with Gasteiger partial charge in [0.25, 0.3) is 0 Å². The number of aromatic nitrogens is 4. The van der Waals surface area contributed by atoms with Crippen LogP contribution in [0.15, 0.2) is 24.8 Å². The van der Waals surface area contributed by atoms with Crippen molar-refractivity contribution in [3.05, 3.63) is 24.8 Å². The third-order valence-electron chi connectivity index (χ3n) is 3.47. The van der Waals surface area contributed by atoms with Gasteiger partial charge in [0.05, 0.1) is 6.20 Å². The van der Waals surface area contributed by atoms with E-state index in [9.17, 15) is 0 Å². The number of hydrogen-bond acceptors (Lipinski definition) is 4. The Bertz CT molecular complexity index is 691. The van der Waals surface area contributed by atoms with Crippen LogP contribution in [0, 0.1) is 0 Å². The molecule has 1 fully saturated rings. The molecule has 0 aliphatic carbocycles. The Morgan fingerprint density at radius 3 is 2.94 bits per heavy atom. The van der Waals surface area contributed by atoms with E-state index in [-0.39, 0.29) is 0 Å². The van der Waals surface area contributed by atoms with Crippen molar-refractivity contribution in [1.29, 1.82) is 0 Å². The lowest BCUT2D eigenvalue weighted by Gasteiger charge is -2.30. The first-order chi connectivity index (χ1) is 8.93. The maximum absolute atomic E-state index is 4.45. The summed E-state index contributed by atoms with van der Waals surface area (Å²) < 4.78 is 2.16. The second-order valence-corrected chi connectivity index (χ2v) is 4.52. The number of rotatable bonds is 1. The zero-order valence-corrected chi connectivity index (χ0v) is 9.93. The molecule has 0 bridgehead atoms. The van der Waals surface area contributed by atoms with Crippen LogP contribution in [0.4, 0.5) is 0 Å². The number of H-pyrrole nitrogens is 1. The van der Waals surface area contributed by atoms with Crippen LogP contribution in [0.5, 0.6) is 0 Å². The highest BCUT2D eigenvalue weighted by Crippen LogP contribution is 2.22. The Morgan fingerprint density at radius 2 is 2.06 bits per heavy atom. The third kappa shape index (κ3) is 1.32. The van der Waals surface area contributed by atoms with Crippen molar-refractivity contribution in [2.45, 2.75) is 0 Å². The molecule has 4 heterocycles. The number of piperazine rings is 1. The van der Waals surface area contributed by atoms with Crippen molar-refractivity contribution >= 4 is 22.1 Å². The highest BCUT2D eigenvalue weighted by atomic mass is 15.6. The lowest BCUT2D eigenvalue weighted by Crippen LogP contribution is -2.48. The molecule has 3 aromatic heterocycles. The Labute approximate surface area is 104 Å². The van der Waals surface area contributed by atoms with Crippen molar-refractivity contribution < 1.29 is 0 Å². The molecule has 0 unspecified atom stereocenters. The number of nitrogens with zero attached hydrogens (tertiary/aromatic N) is 4. The third-order valence-corrected chi connectivity index (χ3v) is 3.47. The summed E-state index contributed by atoms with van der Waals surface area (Å²) in [5, 5.41) is 6.81. The fraction of sp³-hybridized carbons (Fsp3) is 0.333. The van der Waals surface area contributed by atoms with Crippen LogP contribution in [-0.2, 0) is 0 Å². The number of nitrogens with one attached hydrogen (secondary N) is 2. The van der Waals surface area contributed by atoms with E-state index in [1.54, 1.807) is 0 Å². The second kappa shape index (κ2) is 3.71. The van der Waals surface area contributed by atoms with E-state index >= 15 is 0 Å². The number of hydrogen-bond donors (Lipinski definition) is 2. The van der Waals surface area contributed by atoms with Gasteiger partial charge in [-0.05, 0) is 6.07 Å². The first-order valence-electron chi connectivity index (χ1n) is 6.18. The van der Waals surface area contributed by atoms with E-state index in [0.29, 0.717) is 0 Å². The Hall–Kier alpha value is -2.08. The van der Waals surface area contributed by atoms with Crippen LogP contribution < -0.4 is 10.3 Å². The van der Waals surface area contributed by atoms with Gasteiger partial charge in [-0.25, -0.2) is 14.6 Å². The van der Waals surface area contributed by atoms with Gasteiger partial charge in [-0.15, -0.1) is 0 Å². The topological polar surface area (TPSA) is 61.8 Å². The predicted molar refractivity (Wildman–Crippen MR) is 70.2 cm³/mol. The summed E-state index contributed by atoms with van der Waals surface area (Å²) in [5.74, 6) is 0. The average molecular weight is 242 g/mol. The molecular weight excluding hydrogens is 228 g/mol. The first-order valence-corrected chi connectivity index (χ1v) is 6.18. The van der Waals surface area contributed by atoms with Gasteiger partial charge < -0.3 is 15.3 Å². The van der Waals surface area contributed by atoms with Gasteiger partial charge in [0.2, 0.25) is 0 Å². The molecule has 1 aliphatic heterocycles. The molecule has 0 aromatic carbocycles. The molecule has 2 N–H and O–H groups in total. The molecule has 0 atom stereocenters. The van der Waals surface area contributed by atoms with Gasteiger partial charge in [0.1, 0.15) is 23.0 Å². The fourth-order valence-electron chi connectivity index (χ4n) is 2.58. The average Bonchev–Trinajstić information content (AvgIpc) is 3.05. The van der Waals surface area contributed by atoms with Crippen molar-refractivity contribution in [1.82, 2.24) is 24.9 Å². The molecule has 6 heteroatoms. The fourth-order valence-corrected chi connectivity index (χ4v) is 2.58. The number of fused-ring (bicyclic) bond motifs is 3. The summed E-state index contributed by atoms with van der Waals surface area (Å²) in [6.45, 7) is 4.03. The normalized spacial score (nSPS) is 16.8. The van der Waals surface area contributed by atoms with E-state index in [4.69, 9.17) is 0 Å². The number of pyridine rings is 1. The van der Waals surface area contributed by atoms with E-state index in [0.717, 1.165) is 48.2 Å². The van der Waals surface area contributed by atoms with Crippen LogP contribution in [-0.4, -0.2) is 45.8 Å². The Kier molecular flexibility index (Phi) is 2.04. The van der Waals surface area contributed by atoms with Gasteiger partial charge in [-0.1, -0.05) is 0 Å². The SMILES string of the molecule is c1cc2c(ncc3ncn(N4CCNCC4)c32)[nH]1. The van der Waals surface area contributed by atoms with Crippen LogP contribution >= 0.6 is 0 Å². The largest absolute Gasteiger partial charge is 0.346 e. The summed E-state index contributed by atoms with van der Waals surface area (Å²) in [4.78, 5) is 12.0. The Morgan fingerprint density at radius 1 is 1.17 bits per heavy atom. The second-order valence-electron chi connectivity index (χ2n) is 4.52. The quantitative estimate of drug-likeness (QED) is 0.650. The number of imidazole rings is 1. The molecule has 3 aromatic rings. The highest BCUT2D eigenvalue weighted by molar-refractivity contribution is 6.01. The van der Waals surface area contributed by atoms with Crippen molar-refractivity contribution in [2.75, 3.05) is 31.2 Å².